The smallest absolute Gasteiger partial charge is 0.268 e. The Hall–Kier alpha value is -2.86. The van der Waals surface area contributed by atoms with Crippen molar-refractivity contribution in [2.75, 3.05) is 0 Å². The number of hydrogen-bond acceptors (Lipinski definition) is 4. The lowest BCUT2D eigenvalue weighted by Gasteiger charge is -2.09. The van der Waals surface area contributed by atoms with Crippen LogP contribution in [0.2, 0.25) is 0 Å². The van der Waals surface area contributed by atoms with Crippen LogP contribution in [0.5, 0.6) is 5.75 Å². The Bertz CT molecular complexity index is 996. The highest BCUT2D eigenvalue weighted by atomic mass is 32.2. The topological polar surface area (TPSA) is 83.5 Å². The van der Waals surface area contributed by atoms with Gasteiger partial charge in [-0.25, -0.2) is 13.1 Å². The van der Waals surface area contributed by atoms with Gasteiger partial charge in [0.2, 0.25) is 0 Å². The van der Waals surface area contributed by atoms with E-state index in [1.165, 1.54) is 30.3 Å². The van der Waals surface area contributed by atoms with E-state index < -0.39 is 15.9 Å². The molecule has 0 saturated heterocycles. The largest absolute Gasteiger partial charge is 0.507 e. The summed E-state index contributed by atoms with van der Waals surface area (Å²) in [4.78, 5) is 12.1. The van der Waals surface area contributed by atoms with Crippen LogP contribution in [0.4, 0.5) is 0 Å². The number of aromatic hydroxyl groups is 1. The molecule has 3 rings (SSSR count). The Morgan fingerprint density at radius 3 is 2.26 bits per heavy atom. The summed E-state index contributed by atoms with van der Waals surface area (Å²) >= 11 is 0. The van der Waals surface area contributed by atoms with Crippen LogP contribution in [0, 0.1) is 0 Å². The first kappa shape index (κ1) is 15.1. The van der Waals surface area contributed by atoms with Gasteiger partial charge in [-0.1, -0.05) is 42.5 Å². The van der Waals surface area contributed by atoms with Crippen molar-refractivity contribution in [2.24, 2.45) is 0 Å². The molecule has 0 saturated carbocycles. The van der Waals surface area contributed by atoms with Crippen LogP contribution < -0.4 is 4.72 Å². The summed E-state index contributed by atoms with van der Waals surface area (Å²) in [7, 11) is -4.03. The van der Waals surface area contributed by atoms with Gasteiger partial charge in [-0.3, -0.25) is 4.79 Å². The molecule has 6 heteroatoms. The quantitative estimate of drug-likeness (QED) is 0.775. The van der Waals surface area contributed by atoms with Gasteiger partial charge in [-0.15, -0.1) is 0 Å². The molecule has 3 aromatic carbocycles. The van der Waals surface area contributed by atoms with Crippen molar-refractivity contribution in [2.45, 2.75) is 4.90 Å². The number of nitrogens with one attached hydrogen (secondary N) is 1. The number of sulfonamides is 1. The van der Waals surface area contributed by atoms with Gasteiger partial charge in [0.1, 0.15) is 5.75 Å². The van der Waals surface area contributed by atoms with Gasteiger partial charge in [0.25, 0.3) is 15.9 Å². The van der Waals surface area contributed by atoms with Gasteiger partial charge >= 0.3 is 0 Å². The second-order valence-corrected chi connectivity index (χ2v) is 6.64. The highest BCUT2D eigenvalue weighted by Crippen LogP contribution is 2.20. The second kappa shape index (κ2) is 5.73. The van der Waals surface area contributed by atoms with E-state index in [4.69, 9.17) is 0 Å². The summed E-state index contributed by atoms with van der Waals surface area (Å²) in [5.41, 5.74) is -0.100. The average molecular weight is 327 g/mol. The summed E-state index contributed by atoms with van der Waals surface area (Å²) in [6.45, 7) is 0. The SMILES string of the molecule is O=C(NS(=O)(=O)c1ccc2ccccc2c1)c1ccccc1O. The molecule has 0 aliphatic carbocycles. The molecule has 5 nitrogen and oxygen atoms in total. The van der Waals surface area contributed by atoms with Crippen LogP contribution in [0.15, 0.2) is 71.6 Å². The third kappa shape index (κ3) is 3.02. The Kier molecular flexibility index (Phi) is 3.75. The number of carbonyl (C=O) groups is 1. The first-order valence-electron chi connectivity index (χ1n) is 6.81. The molecular weight excluding hydrogens is 314 g/mol. The highest BCUT2D eigenvalue weighted by Gasteiger charge is 2.20. The molecule has 0 aliphatic rings. The summed E-state index contributed by atoms with van der Waals surface area (Å²) in [6, 6.07) is 17.7. The van der Waals surface area contributed by atoms with Gasteiger partial charge in [0, 0.05) is 0 Å². The van der Waals surface area contributed by atoms with Gasteiger partial charge in [0.05, 0.1) is 10.5 Å². The van der Waals surface area contributed by atoms with Crippen molar-refractivity contribution in [3.8, 4) is 5.75 Å². The minimum atomic E-state index is -4.03. The van der Waals surface area contributed by atoms with Crippen molar-refractivity contribution >= 4 is 26.7 Å². The molecular formula is C17H13NO4S. The Morgan fingerprint density at radius 1 is 0.870 bits per heavy atom. The van der Waals surface area contributed by atoms with Gasteiger partial charge in [-0.05, 0) is 35.0 Å². The van der Waals surface area contributed by atoms with Crippen LogP contribution in [0.1, 0.15) is 10.4 Å². The number of benzene rings is 3. The van der Waals surface area contributed by atoms with Crippen LogP contribution in [0.25, 0.3) is 10.8 Å². The average Bonchev–Trinajstić information content (AvgIpc) is 2.54. The number of para-hydroxylation sites is 1. The number of fused-ring (bicyclic) bond motifs is 1. The van der Waals surface area contributed by atoms with Crippen molar-refractivity contribution in [1.29, 1.82) is 0 Å². The third-order valence-electron chi connectivity index (χ3n) is 3.41. The first-order valence-corrected chi connectivity index (χ1v) is 8.30. The molecule has 0 bridgehead atoms. The van der Waals surface area contributed by atoms with E-state index in [1.54, 1.807) is 24.3 Å². The Labute approximate surface area is 133 Å². The van der Waals surface area contributed by atoms with E-state index in [-0.39, 0.29) is 16.2 Å². The molecule has 0 spiro atoms. The fourth-order valence-corrected chi connectivity index (χ4v) is 3.24. The molecule has 3 aromatic rings. The third-order valence-corrected chi connectivity index (χ3v) is 4.74. The van der Waals surface area contributed by atoms with Crippen molar-refractivity contribution in [1.82, 2.24) is 4.72 Å². The maximum atomic E-state index is 12.4. The second-order valence-electron chi connectivity index (χ2n) is 4.96. The molecule has 0 fully saturated rings. The number of phenols is 1. The van der Waals surface area contributed by atoms with Crippen LogP contribution in [-0.2, 0) is 10.0 Å². The molecule has 0 unspecified atom stereocenters. The summed E-state index contributed by atoms with van der Waals surface area (Å²) in [5, 5.41) is 11.3. The lowest BCUT2D eigenvalue weighted by molar-refractivity contribution is 0.0979. The molecule has 0 aliphatic heterocycles. The van der Waals surface area contributed by atoms with E-state index >= 15 is 0 Å². The van der Waals surface area contributed by atoms with Crippen molar-refractivity contribution < 1.29 is 18.3 Å². The zero-order chi connectivity index (χ0) is 16.4. The lowest BCUT2D eigenvalue weighted by atomic mass is 10.1. The fourth-order valence-electron chi connectivity index (χ4n) is 2.24. The Morgan fingerprint density at radius 2 is 1.52 bits per heavy atom. The molecule has 116 valence electrons. The monoisotopic (exact) mass is 327 g/mol. The van der Waals surface area contributed by atoms with Crippen LogP contribution in [-0.4, -0.2) is 19.4 Å². The van der Waals surface area contributed by atoms with Crippen molar-refractivity contribution in [3.05, 3.63) is 72.3 Å². The number of rotatable bonds is 3. The number of phenolic OH excluding ortho intramolecular Hbond substituents is 1. The van der Waals surface area contributed by atoms with Gasteiger partial charge in [-0.2, -0.15) is 0 Å². The zero-order valence-electron chi connectivity index (χ0n) is 11.9. The van der Waals surface area contributed by atoms with E-state index in [2.05, 4.69) is 0 Å². The Balaban J connectivity index is 1.94. The van der Waals surface area contributed by atoms with Crippen molar-refractivity contribution in [3.63, 3.8) is 0 Å². The van der Waals surface area contributed by atoms with E-state index in [9.17, 15) is 18.3 Å². The number of hydrogen-bond donors (Lipinski definition) is 2. The first-order chi connectivity index (χ1) is 11.0. The lowest BCUT2D eigenvalue weighted by Crippen LogP contribution is -2.30. The minimum Gasteiger partial charge on any atom is -0.507 e. The van der Waals surface area contributed by atoms with Gasteiger partial charge in [0.15, 0.2) is 0 Å². The molecule has 0 aromatic heterocycles. The highest BCUT2D eigenvalue weighted by molar-refractivity contribution is 7.90. The van der Waals surface area contributed by atoms with Crippen LogP contribution >= 0.6 is 0 Å². The molecule has 0 atom stereocenters. The summed E-state index contributed by atoms with van der Waals surface area (Å²) in [5.74, 6) is -1.16. The summed E-state index contributed by atoms with van der Waals surface area (Å²) < 4.78 is 26.7. The molecule has 0 radical (unpaired) electrons. The molecule has 0 heterocycles. The fraction of sp³-hybridized carbons (Fsp3) is 0. The standard InChI is InChI=1S/C17H13NO4S/c19-16-8-4-3-7-15(16)17(20)18-23(21,22)14-10-9-12-5-1-2-6-13(12)11-14/h1-11,19H,(H,18,20). The molecule has 23 heavy (non-hydrogen) atoms. The predicted octanol–water partition coefficient (Wildman–Crippen LogP) is 2.66. The maximum Gasteiger partial charge on any atom is 0.268 e. The van der Waals surface area contributed by atoms with E-state index in [0.29, 0.717) is 0 Å². The van der Waals surface area contributed by atoms with Crippen LogP contribution in [0.3, 0.4) is 0 Å². The van der Waals surface area contributed by atoms with E-state index in [0.717, 1.165) is 10.8 Å². The summed E-state index contributed by atoms with van der Waals surface area (Å²) in [6.07, 6.45) is 0. The minimum absolute atomic E-state index is 0.0139. The van der Waals surface area contributed by atoms with E-state index in [1.807, 2.05) is 16.9 Å². The number of amides is 1. The maximum absolute atomic E-state index is 12.4. The molecule has 1 amide bonds. The predicted molar refractivity (Wildman–Crippen MR) is 86.7 cm³/mol. The zero-order valence-corrected chi connectivity index (χ0v) is 12.7. The normalized spacial score (nSPS) is 11.3. The molecule has 2 N–H and O–H groups in total. The van der Waals surface area contributed by atoms with Gasteiger partial charge < -0.3 is 5.11 Å². The number of carbonyl (C=O) groups excluding carboxylic acids is 1.